The van der Waals surface area contributed by atoms with Crippen LogP contribution in [0.3, 0.4) is 0 Å². The second-order valence-corrected chi connectivity index (χ2v) is 5.26. The second-order valence-electron chi connectivity index (χ2n) is 5.26. The molecular formula is C14H26N2O6. The highest BCUT2D eigenvalue weighted by Gasteiger charge is 2.24. The molecule has 1 aliphatic heterocycles. The fourth-order valence-electron chi connectivity index (χ4n) is 2.40. The van der Waals surface area contributed by atoms with Crippen molar-refractivity contribution in [2.75, 3.05) is 53.0 Å². The number of carbonyl (C=O) groups is 2. The molecule has 1 heterocycles. The van der Waals surface area contributed by atoms with Crippen molar-refractivity contribution in [2.45, 2.75) is 25.6 Å². The van der Waals surface area contributed by atoms with Crippen molar-refractivity contribution in [3.05, 3.63) is 0 Å². The van der Waals surface area contributed by atoms with Crippen LogP contribution in [0.2, 0.25) is 0 Å². The quantitative estimate of drug-likeness (QED) is 0.545. The third kappa shape index (κ3) is 6.27. The molecule has 0 aliphatic carbocycles. The van der Waals surface area contributed by atoms with Crippen molar-refractivity contribution in [1.29, 1.82) is 0 Å². The summed E-state index contributed by atoms with van der Waals surface area (Å²) < 4.78 is 9.28. The first-order valence-electron chi connectivity index (χ1n) is 7.53. The molecule has 0 aromatic heterocycles. The largest absolute Gasteiger partial charge is 0.467 e. The number of hydrogen-bond donors (Lipinski definition) is 2. The molecule has 0 aromatic carbocycles. The number of nitrogens with zero attached hydrogens (tertiary/aromatic N) is 2. The molecule has 1 fully saturated rings. The van der Waals surface area contributed by atoms with E-state index < -0.39 is 24.1 Å². The SMILES string of the molecule is CCOC(=O)C(O)CN1CCCN(CC(O)C(=O)OC)CC1. The molecule has 2 N–H and O–H groups in total. The number of β-amino-alcohol motifs (C(OH)–C–C–N with tert-alkyl or cyclic N) is 2. The monoisotopic (exact) mass is 318 g/mol. The van der Waals surface area contributed by atoms with Gasteiger partial charge in [-0.05, 0) is 26.4 Å². The molecular weight excluding hydrogens is 292 g/mol. The van der Waals surface area contributed by atoms with Gasteiger partial charge in [0.15, 0.2) is 12.2 Å². The van der Waals surface area contributed by atoms with Gasteiger partial charge in [0.2, 0.25) is 0 Å². The molecule has 0 bridgehead atoms. The average Bonchev–Trinajstić information content (AvgIpc) is 2.72. The minimum absolute atomic E-state index is 0.223. The first-order valence-corrected chi connectivity index (χ1v) is 7.53. The van der Waals surface area contributed by atoms with Gasteiger partial charge in [-0.1, -0.05) is 0 Å². The molecule has 1 saturated heterocycles. The van der Waals surface area contributed by atoms with Crippen LogP contribution >= 0.6 is 0 Å². The minimum Gasteiger partial charge on any atom is -0.467 e. The molecule has 2 unspecified atom stereocenters. The van der Waals surface area contributed by atoms with Crippen molar-refractivity contribution in [3.63, 3.8) is 0 Å². The number of rotatable bonds is 7. The van der Waals surface area contributed by atoms with Crippen molar-refractivity contribution in [2.24, 2.45) is 0 Å². The van der Waals surface area contributed by atoms with Crippen LogP contribution in [-0.4, -0.2) is 97.1 Å². The van der Waals surface area contributed by atoms with Crippen LogP contribution in [0.4, 0.5) is 0 Å². The van der Waals surface area contributed by atoms with Crippen LogP contribution in [0, 0.1) is 0 Å². The Bertz CT molecular complexity index is 365. The Labute approximate surface area is 130 Å². The fourth-order valence-corrected chi connectivity index (χ4v) is 2.40. The fraction of sp³-hybridized carbons (Fsp3) is 0.857. The zero-order valence-corrected chi connectivity index (χ0v) is 13.2. The van der Waals surface area contributed by atoms with Crippen LogP contribution in [0.1, 0.15) is 13.3 Å². The van der Waals surface area contributed by atoms with Gasteiger partial charge in [-0.25, -0.2) is 9.59 Å². The normalized spacial score (nSPS) is 20.0. The zero-order chi connectivity index (χ0) is 16.5. The third-order valence-electron chi connectivity index (χ3n) is 3.58. The van der Waals surface area contributed by atoms with Crippen molar-refractivity contribution in [1.82, 2.24) is 9.80 Å². The Hall–Kier alpha value is -1.22. The van der Waals surface area contributed by atoms with E-state index in [1.54, 1.807) is 6.92 Å². The standard InChI is InChI=1S/C14H26N2O6/c1-3-22-14(20)12(18)10-16-6-4-5-15(7-8-16)9-11(17)13(19)21-2/h11-12,17-18H,3-10H2,1-2H3. The highest BCUT2D eigenvalue weighted by molar-refractivity contribution is 5.74. The first kappa shape index (κ1) is 18.8. The molecule has 0 radical (unpaired) electrons. The summed E-state index contributed by atoms with van der Waals surface area (Å²) in [6, 6.07) is 0. The number of carbonyl (C=O) groups excluding carboxylic acids is 2. The Morgan fingerprint density at radius 3 is 1.95 bits per heavy atom. The lowest BCUT2D eigenvalue weighted by atomic mass is 10.3. The molecule has 2 atom stereocenters. The van der Waals surface area contributed by atoms with Crippen LogP contribution in [-0.2, 0) is 19.1 Å². The van der Waals surface area contributed by atoms with Gasteiger partial charge in [-0.2, -0.15) is 0 Å². The summed E-state index contributed by atoms with van der Waals surface area (Å²) in [5.74, 6) is -1.25. The maximum atomic E-state index is 11.4. The highest BCUT2D eigenvalue weighted by Crippen LogP contribution is 2.06. The predicted molar refractivity (Wildman–Crippen MR) is 78.2 cm³/mol. The molecule has 1 rings (SSSR count). The van der Waals surface area contributed by atoms with E-state index >= 15 is 0 Å². The van der Waals surface area contributed by atoms with Gasteiger partial charge in [0.1, 0.15) is 0 Å². The number of ether oxygens (including phenoxy) is 2. The molecule has 22 heavy (non-hydrogen) atoms. The van der Waals surface area contributed by atoms with Gasteiger partial charge in [-0.15, -0.1) is 0 Å². The molecule has 0 aromatic rings. The van der Waals surface area contributed by atoms with Gasteiger partial charge in [-0.3, -0.25) is 9.80 Å². The molecule has 0 amide bonds. The smallest absolute Gasteiger partial charge is 0.336 e. The van der Waals surface area contributed by atoms with E-state index in [0.29, 0.717) is 13.1 Å². The van der Waals surface area contributed by atoms with E-state index in [2.05, 4.69) is 4.74 Å². The first-order chi connectivity index (χ1) is 10.5. The summed E-state index contributed by atoms with van der Waals surface area (Å²) in [4.78, 5) is 26.6. The lowest BCUT2D eigenvalue weighted by molar-refractivity contribution is -0.154. The molecule has 0 spiro atoms. The second kappa shape index (κ2) is 9.73. The summed E-state index contributed by atoms with van der Waals surface area (Å²) in [6.45, 7) is 5.15. The number of hydrogen-bond acceptors (Lipinski definition) is 8. The van der Waals surface area contributed by atoms with Crippen LogP contribution in [0.5, 0.6) is 0 Å². The summed E-state index contributed by atoms with van der Waals surface area (Å²) in [6.07, 6.45) is -1.47. The van der Waals surface area contributed by atoms with Gasteiger partial charge in [0.25, 0.3) is 0 Å². The van der Waals surface area contributed by atoms with Crippen molar-refractivity contribution < 1.29 is 29.3 Å². The van der Waals surface area contributed by atoms with E-state index in [4.69, 9.17) is 4.74 Å². The lowest BCUT2D eigenvalue weighted by Crippen LogP contribution is -2.41. The maximum Gasteiger partial charge on any atom is 0.336 e. The average molecular weight is 318 g/mol. The Balaban J connectivity index is 2.39. The summed E-state index contributed by atoms with van der Waals surface area (Å²) in [5.41, 5.74) is 0. The Morgan fingerprint density at radius 2 is 1.50 bits per heavy atom. The number of esters is 2. The molecule has 8 heteroatoms. The van der Waals surface area contributed by atoms with E-state index in [0.717, 1.165) is 19.5 Å². The van der Waals surface area contributed by atoms with Gasteiger partial charge in [0, 0.05) is 26.2 Å². The number of aliphatic hydroxyl groups is 2. The van der Waals surface area contributed by atoms with Gasteiger partial charge in [0.05, 0.1) is 13.7 Å². The van der Waals surface area contributed by atoms with E-state index in [-0.39, 0.29) is 19.7 Å². The summed E-state index contributed by atoms with van der Waals surface area (Å²) in [7, 11) is 1.24. The van der Waals surface area contributed by atoms with E-state index in [1.165, 1.54) is 7.11 Å². The number of methoxy groups -OCH3 is 1. The van der Waals surface area contributed by atoms with Gasteiger partial charge < -0.3 is 19.7 Å². The van der Waals surface area contributed by atoms with Crippen molar-refractivity contribution in [3.8, 4) is 0 Å². The zero-order valence-electron chi connectivity index (χ0n) is 13.2. The highest BCUT2D eigenvalue weighted by atomic mass is 16.5. The van der Waals surface area contributed by atoms with Crippen LogP contribution < -0.4 is 0 Å². The Kier molecular flexibility index (Phi) is 8.32. The summed E-state index contributed by atoms with van der Waals surface area (Å²) in [5, 5.41) is 19.5. The maximum absolute atomic E-state index is 11.4. The minimum atomic E-state index is -1.15. The van der Waals surface area contributed by atoms with E-state index in [9.17, 15) is 19.8 Å². The molecule has 128 valence electrons. The van der Waals surface area contributed by atoms with Crippen LogP contribution in [0.25, 0.3) is 0 Å². The Morgan fingerprint density at radius 1 is 1.00 bits per heavy atom. The lowest BCUT2D eigenvalue weighted by Gasteiger charge is -2.24. The summed E-state index contributed by atoms with van der Waals surface area (Å²) >= 11 is 0. The van der Waals surface area contributed by atoms with E-state index in [1.807, 2.05) is 9.80 Å². The number of aliphatic hydroxyl groups excluding tert-OH is 2. The molecule has 0 saturated carbocycles. The van der Waals surface area contributed by atoms with Gasteiger partial charge >= 0.3 is 11.9 Å². The van der Waals surface area contributed by atoms with Crippen LogP contribution in [0.15, 0.2) is 0 Å². The molecule has 8 nitrogen and oxygen atoms in total. The topological polar surface area (TPSA) is 99.5 Å². The third-order valence-corrected chi connectivity index (χ3v) is 3.58. The predicted octanol–water partition coefficient (Wildman–Crippen LogP) is -1.55. The molecule has 1 aliphatic rings. The van der Waals surface area contributed by atoms with Crippen molar-refractivity contribution >= 4 is 11.9 Å².